The predicted molar refractivity (Wildman–Crippen MR) is 120 cm³/mol. The lowest BCUT2D eigenvalue weighted by Gasteiger charge is -2.36. The molecule has 0 radical (unpaired) electrons. The second-order valence-electron chi connectivity index (χ2n) is 7.43. The fraction of sp³-hybridized carbons (Fsp3) is 0.160. The highest BCUT2D eigenvalue weighted by molar-refractivity contribution is 6.22. The monoisotopic (exact) mass is 446 g/mol. The van der Waals surface area contributed by atoms with E-state index in [2.05, 4.69) is 11.9 Å². The smallest absolute Gasteiger partial charge is 0.341 e. The molecular weight excluding hydrogens is 424 g/mol. The van der Waals surface area contributed by atoms with E-state index in [0.717, 1.165) is 0 Å². The van der Waals surface area contributed by atoms with Crippen LogP contribution in [0.15, 0.2) is 90.0 Å². The minimum Gasteiger partial charge on any atom is -0.485 e. The number of carbonyl (C=O) groups excluding carboxylic acids is 3. The van der Waals surface area contributed by atoms with Crippen molar-refractivity contribution >= 4 is 23.3 Å². The molecule has 0 saturated heterocycles. The van der Waals surface area contributed by atoms with Crippen LogP contribution in [0.5, 0.6) is 5.75 Å². The summed E-state index contributed by atoms with van der Waals surface area (Å²) in [6, 6.07) is 15.5. The Morgan fingerprint density at radius 1 is 1.12 bits per heavy atom. The van der Waals surface area contributed by atoms with Crippen molar-refractivity contribution < 1.29 is 28.6 Å². The maximum absolute atomic E-state index is 13.6. The van der Waals surface area contributed by atoms with Gasteiger partial charge in [-0.2, -0.15) is 0 Å². The third kappa shape index (κ3) is 3.55. The number of Topliss-reactive ketones (excluding diaryl/α,β-unsaturated/α-hetero) is 1. The van der Waals surface area contributed by atoms with Gasteiger partial charge in [-0.3, -0.25) is 9.59 Å². The number of nitrogens with two attached hydrogens (primary N) is 1. The van der Waals surface area contributed by atoms with Gasteiger partial charge < -0.3 is 25.3 Å². The Labute approximate surface area is 190 Å². The molecule has 8 nitrogen and oxygen atoms in total. The van der Waals surface area contributed by atoms with Crippen molar-refractivity contribution in [1.29, 1.82) is 0 Å². The number of carbonyl (C=O) groups is 3. The Morgan fingerprint density at radius 3 is 2.55 bits per heavy atom. The van der Waals surface area contributed by atoms with E-state index in [1.807, 2.05) is 6.07 Å². The molecule has 4 rings (SSSR count). The summed E-state index contributed by atoms with van der Waals surface area (Å²) < 4.78 is 16.4. The van der Waals surface area contributed by atoms with Crippen molar-refractivity contribution in [2.45, 2.75) is 12.3 Å². The molecule has 8 heteroatoms. The van der Waals surface area contributed by atoms with Crippen molar-refractivity contribution in [3.63, 3.8) is 0 Å². The predicted octanol–water partition coefficient (Wildman–Crippen LogP) is 2.73. The summed E-state index contributed by atoms with van der Waals surface area (Å²) >= 11 is 0. The first-order valence-electron chi connectivity index (χ1n) is 10.2. The third-order valence-electron chi connectivity index (χ3n) is 5.46. The largest absolute Gasteiger partial charge is 0.485 e. The van der Waals surface area contributed by atoms with Crippen molar-refractivity contribution in [3.8, 4) is 5.75 Å². The van der Waals surface area contributed by atoms with Gasteiger partial charge >= 0.3 is 5.97 Å². The molecule has 0 fully saturated rings. The van der Waals surface area contributed by atoms with Crippen LogP contribution in [-0.2, 0) is 29.3 Å². The minimum absolute atomic E-state index is 0.0411. The summed E-state index contributed by atoms with van der Waals surface area (Å²) in [7, 11) is 0. The zero-order valence-corrected chi connectivity index (χ0v) is 17.9. The van der Waals surface area contributed by atoms with E-state index in [1.54, 1.807) is 48.5 Å². The molecule has 0 saturated carbocycles. The number of fused-ring (bicyclic) bond motifs is 2. The molecule has 0 aliphatic carbocycles. The van der Waals surface area contributed by atoms with E-state index in [0.29, 0.717) is 17.0 Å². The number of para-hydroxylation sites is 2. The number of hydrogen-bond donors (Lipinski definition) is 2. The van der Waals surface area contributed by atoms with Gasteiger partial charge in [0.1, 0.15) is 29.1 Å². The lowest BCUT2D eigenvalue weighted by Crippen LogP contribution is -2.49. The van der Waals surface area contributed by atoms with E-state index < -0.39 is 23.1 Å². The molecular formula is C25H22N2O6. The van der Waals surface area contributed by atoms with Crippen molar-refractivity contribution in [2.75, 3.05) is 18.5 Å². The molecule has 0 unspecified atom stereocenters. The van der Waals surface area contributed by atoms with Gasteiger partial charge in [0.2, 0.25) is 17.6 Å². The van der Waals surface area contributed by atoms with Crippen molar-refractivity contribution in [3.05, 3.63) is 95.6 Å². The lowest BCUT2D eigenvalue weighted by atomic mass is 9.66. The van der Waals surface area contributed by atoms with Crippen LogP contribution in [0.1, 0.15) is 12.5 Å². The summed E-state index contributed by atoms with van der Waals surface area (Å²) in [6.07, 6.45) is 1.38. The van der Waals surface area contributed by atoms with Crippen molar-refractivity contribution in [2.24, 2.45) is 5.73 Å². The summed E-state index contributed by atoms with van der Waals surface area (Å²) in [5.41, 5.74) is 4.81. The fourth-order valence-corrected chi connectivity index (χ4v) is 4.20. The zero-order chi connectivity index (χ0) is 23.6. The molecule has 1 atom stereocenters. The van der Waals surface area contributed by atoms with Gasteiger partial charge in [0.25, 0.3) is 0 Å². The molecule has 168 valence electrons. The van der Waals surface area contributed by atoms with Crippen LogP contribution in [-0.4, -0.2) is 30.9 Å². The number of hydrogen-bond acceptors (Lipinski definition) is 7. The van der Waals surface area contributed by atoms with Crippen LogP contribution < -0.4 is 15.8 Å². The third-order valence-corrected chi connectivity index (χ3v) is 5.46. The first kappa shape index (κ1) is 21.9. The average Bonchev–Trinajstić information content (AvgIpc) is 3.08. The topological polar surface area (TPSA) is 117 Å². The highest BCUT2D eigenvalue weighted by Crippen LogP contribution is 2.52. The number of ketones is 1. The van der Waals surface area contributed by atoms with Gasteiger partial charge in [0, 0.05) is 11.3 Å². The fourth-order valence-electron chi connectivity index (χ4n) is 4.20. The molecule has 1 amide bonds. The normalized spacial score (nSPS) is 19.0. The van der Waals surface area contributed by atoms with Gasteiger partial charge in [-0.15, -0.1) is 0 Å². The molecule has 2 aliphatic rings. The van der Waals surface area contributed by atoms with Gasteiger partial charge in [0.05, 0.1) is 5.57 Å². The van der Waals surface area contributed by atoms with Crippen LogP contribution >= 0.6 is 0 Å². The maximum atomic E-state index is 13.6. The highest BCUT2D eigenvalue weighted by atomic mass is 16.5. The molecule has 0 aromatic heterocycles. The average molecular weight is 446 g/mol. The zero-order valence-electron chi connectivity index (χ0n) is 17.9. The van der Waals surface area contributed by atoms with Crippen LogP contribution in [0.4, 0.5) is 5.69 Å². The van der Waals surface area contributed by atoms with Gasteiger partial charge in [-0.1, -0.05) is 49.1 Å². The van der Waals surface area contributed by atoms with Gasteiger partial charge in [-0.25, -0.2) is 4.79 Å². The van der Waals surface area contributed by atoms with Gasteiger partial charge in [0.15, 0.2) is 6.61 Å². The number of esters is 1. The Bertz CT molecular complexity index is 1210. The first-order valence-corrected chi connectivity index (χ1v) is 10.2. The van der Waals surface area contributed by atoms with E-state index in [-0.39, 0.29) is 36.0 Å². The first-order chi connectivity index (χ1) is 15.9. The number of nitrogens with one attached hydrogen (secondary N) is 1. The van der Waals surface area contributed by atoms with Gasteiger partial charge in [-0.05, 0) is 25.1 Å². The van der Waals surface area contributed by atoms with Crippen LogP contribution in [0.2, 0.25) is 0 Å². The molecule has 33 heavy (non-hydrogen) atoms. The SMILES string of the molecule is C=CCOC(=O)C1=C(N)OC(C)=C(C(=O)COc2ccccc2)[C@]12C(=O)Nc1ccccc12. The number of ether oxygens (including phenoxy) is 3. The molecule has 2 aliphatic heterocycles. The number of rotatable bonds is 7. The summed E-state index contributed by atoms with van der Waals surface area (Å²) in [5.74, 6) is -1.77. The summed E-state index contributed by atoms with van der Waals surface area (Å²) in [6.45, 7) is 4.55. The molecule has 3 N–H and O–H groups in total. The minimum atomic E-state index is -1.85. The summed E-state index contributed by atoms with van der Waals surface area (Å²) in [5, 5.41) is 2.76. The Morgan fingerprint density at radius 2 is 1.82 bits per heavy atom. The van der Waals surface area contributed by atoms with E-state index in [9.17, 15) is 14.4 Å². The molecule has 0 bridgehead atoms. The number of amides is 1. The maximum Gasteiger partial charge on any atom is 0.341 e. The number of anilines is 1. The molecule has 2 aromatic rings. The molecule has 2 heterocycles. The Hall–Kier alpha value is -4.33. The van der Waals surface area contributed by atoms with Crippen LogP contribution in [0, 0.1) is 0 Å². The Balaban J connectivity index is 1.85. The molecule has 2 aromatic carbocycles. The standard InChI is InChI=1S/C25H22N2O6/c1-3-13-31-23(29)21-22(26)33-15(2)20(19(28)14-32-16-9-5-4-6-10-16)25(21)17-11-7-8-12-18(17)27-24(25)30/h3-12H,1,13-14,26H2,2H3,(H,27,30)/t25-/m0/s1. The summed E-state index contributed by atoms with van der Waals surface area (Å²) in [4.78, 5) is 40.2. The van der Waals surface area contributed by atoms with E-state index >= 15 is 0 Å². The highest BCUT2D eigenvalue weighted by Gasteiger charge is 2.61. The quantitative estimate of drug-likeness (QED) is 0.496. The van der Waals surface area contributed by atoms with Crippen LogP contribution in [0.25, 0.3) is 0 Å². The van der Waals surface area contributed by atoms with Crippen molar-refractivity contribution in [1.82, 2.24) is 0 Å². The second-order valence-corrected chi connectivity index (χ2v) is 7.43. The number of benzene rings is 2. The Kier molecular flexibility index (Phi) is 5.74. The van der Waals surface area contributed by atoms with E-state index in [4.69, 9.17) is 19.9 Å². The van der Waals surface area contributed by atoms with Crippen LogP contribution in [0.3, 0.4) is 0 Å². The molecule has 1 spiro atoms. The second kappa shape index (κ2) is 8.66. The lowest BCUT2D eigenvalue weighted by molar-refractivity contribution is -0.140. The van der Waals surface area contributed by atoms with E-state index in [1.165, 1.54) is 13.0 Å². The number of allylic oxidation sites excluding steroid dienone is 1.